The third-order valence-corrected chi connectivity index (χ3v) is 6.10. The van der Waals surface area contributed by atoms with Crippen LogP contribution < -0.4 is 10.0 Å². The summed E-state index contributed by atoms with van der Waals surface area (Å²) < 4.78 is 40.7. The molecule has 0 aromatic heterocycles. The van der Waals surface area contributed by atoms with E-state index in [4.69, 9.17) is 5.73 Å². The molecular formula is C14H13FN2O2S2. The topological polar surface area (TPSA) is 63.4 Å². The average molecular weight is 324 g/mol. The Balaban J connectivity index is 2.12. The quantitative estimate of drug-likeness (QED) is 0.863. The second-order valence-corrected chi connectivity index (χ2v) is 7.55. The Labute approximate surface area is 126 Å². The van der Waals surface area contributed by atoms with E-state index in [0.717, 1.165) is 11.0 Å². The minimum Gasteiger partial charge on any atom is -0.399 e. The molecule has 1 aliphatic rings. The fourth-order valence-corrected chi connectivity index (χ4v) is 4.94. The zero-order valence-corrected chi connectivity index (χ0v) is 12.6. The number of hydrogen-bond donors (Lipinski definition) is 1. The molecule has 0 radical (unpaired) electrons. The van der Waals surface area contributed by atoms with Gasteiger partial charge in [-0.3, -0.25) is 4.31 Å². The second-order valence-electron chi connectivity index (χ2n) is 4.58. The highest BCUT2D eigenvalue weighted by molar-refractivity contribution is 8.00. The zero-order chi connectivity index (χ0) is 15.0. The maximum Gasteiger partial charge on any atom is 0.267 e. The van der Waals surface area contributed by atoms with Crippen molar-refractivity contribution >= 4 is 33.2 Å². The van der Waals surface area contributed by atoms with Crippen molar-refractivity contribution in [2.75, 3.05) is 22.3 Å². The van der Waals surface area contributed by atoms with Crippen molar-refractivity contribution in [2.24, 2.45) is 0 Å². The molecule has 0 saturated carbocycles. The van der Waals surface area contributed by atoms with Crippen molar-refractivity contribution in [2.45, 2.75) is 9.79 Å². The lowest BCUT2D eigenvalue weighted by atomic mass is 10.3. The summed E-state index contributed by atoms with van der Waals surface area (Å²) in [6.07, 6.45) is 0. The van der Waals surface area contributed by atoms with Gasteiger partial charge in [-0.25, -0.2) is 12.8 Å². The van der Waals surface area contributed by atoms with Gasteiger partial charge in [-0.1, -0.05) is 12.1 Å². The molecule has 0 atom stereocenters. The number of thioether (sulfide) groups is 1. The molecule has 2 N–H and O–H groups in total. The van der Waals surface area contributed by atoms with Crippen LogP contribution in [0.1, 0.15) is 0 Å². The molecule has 0 aliphatic carbocycles. The molecule has 7 heteroatoms. The molecule has 2 aromatic rings. The van der Waals surface area contributed by atoms with Crippen LogP contribution in [0.2, 0.25) is 0 Å². The lowest BCUT2D eigenvalue weighted by molar-refractivity contribution is 0.564. The maximum atomic E-state index is 14.0. The SMILES string of the molecule is Nc1ccc(S(=O)(=O)N2CCSc3ccccc32)c(F)c1. The van der Waals surface area contributed by atoms with Gasteiger partial charge in [-0.15, -0.1) is 11.8 Å². The first-order valence-electron chi connectivity index (χ1n) is 6.30. The fraction of sp³-hybridized carbons (Fsp3) is 0.143. The molecule has 4 nitrogen and oxygen atoms in total. The molecule has 0 fully saturated rings. The molecular weight excluding hydrogens is 311 g/mol. The summed E-state index contributed by atoms with van der Waals surface area (Å²) in [5.41, 5.74) is 6.26. The van der Waals surface area contributed by atoms with Gasteiger partial charge in [-0.2, -0.15) is 0 Å². The van der Waals surface area contributed by atoms with Crippen molar-refractivity contribution in [3.63, 3.8) is 0 Å². The number of nitrogens with zero attached hydrogens (tertiary/aromatic N) is 1. The number of benzene rings is 2. The van der Waals surface area contributed by atoms with Crippen LogP contribution >= 0.6 is 11.8 Å². The van der Waals surface area contributed by atoms with Crippen LogP contribution in [0.5, 0.6) is 0 Å². The van der Waals surface area contributed by atoms with Gasteiger partial charge in [0, 0.05) is 22.9 Å². The van der Waals surface area contributed by atoms with Crippen LogP contribution in [0.4, 0.5) is 15.8 Å². The highest BCUT2D eigenvalue weighted by atomic mass is 32.2. The Morgan fingerprint density at radius 3 is 2.71 bits per heavy atom. The lowest BCUT2D eigenvalue weighted by Crippen LogP contribution is -2.35. The summed E-state index contributed by atoms with van der Waals surface area (Å²) in [6.45, 7) is 0.313. The van der Waals surface area contributed by atoms with Crippen LogP contribution in [0.15, 0.2) is 52.3 Å². The summed E-state index contributed by atoms with van der Waals surface area (Å²) in [7, 11) is -3.93. The maximum absolute atomic E-state index is 14.0. The first-order valence-corrected chi connectivity index (χ1v) is 8.72. The van der Waals surface area contributed by atoms with Crippen LogP contribution in [-0.2, 0) is 10.0 Å². The van der Waals surface area contributed by atoms with Crippen molar-refractivity contribution in [3.8, 4) is 0 Å². The van der Waals surface area contributed by atoms with Gasteiger partial charge in [-0.05, 0) is 30.3 Å². The number of nitrogen functional groups attached to an aromatic ring is 1. The molecule has 21 heavy (non-hydrogen) atoms. The summed E-state index contributed by atoms with van der Waals surface area (Å²) in [4.78, 5) is 0.529. The Bertz CT molecular complexity index is 793. The summed E-state index contributed by atoms with van der Waals surface area (Å²) in [6, 6.07) is 10.8. The van der Waals surface area contributed by atoms with Crippen molar-refractivity contribution in [1.82, 2.24) is 0 Å². The van der Waals surface area contributed by atoms with Gasteiger partial charge in [0.2, 0.25) is 0 Å². The molecule has 110 valence electrons. The van der Waals surface area contributed by atoms with Gasteiger partial charge < -0.3 is 5.73 Å². The Morgan fingerprint density at radius 1 is 1.19 bits per heavy atom. The smallest absolute Gasteiger partial charge is 0.267 e. The molecule has 2 aromatic carbocycles. The van der Waals surface area contributed by atoms with Crippen LogP contribution in [0, 0.1) is 5.82 Å². The predicted octanol–water partition coefficient (Wildman–Crippen LogP) is 2.71. The summed E-state index contributed by atoms with van der Waals surface area (Å²) >= 11 is 1.59. The predicted molar refractivity (Wildman–Crippen MR) is 82.5 cm³/mol. The normalized spacial score (nSPS) is 14.8. The van der Waals surface area contributed by atoms with E-state index >= 15 is 0 Å². The van der Waals surface area contributed by atoms with Gasteiger partial charge in [0.15, 0.2) is 0 Å². The molecule has 3 rings (SSSR count). The highest BCUT2D eigenvalue weighted by Gasteiger charge is 2.31. The molecule has 0 amide bonds. The Kier molecular flexibility index (Phi) is 3.54. The molecule has 1 heterocycles. The third kappa shape index (κ3) is 2.47. The Hall–Kier alpha value is -1.73. The zero-order valence-electron chi connectivity index (χ0n) is 11.0. The first kappa shape index (κ1) is 14.2. The first-order chi connectivity index (χ1) is 10.00. The molecule has 0 spiro atoms. The minimum absolute atomic E-state index is 0.195. The van der Waals surface area contributed by atoms with Gasteiger partial charge in [0.05, 0.1) is 5.69 Å². The van der Waals surface area contributed by atoms with Gasteiger partial charge >= 0.3 is 0 Å². The summed E-state index contributed by atoms with van der Waals surface area (Å²) in [5.74, 6) is -0.196. The molecule has 0 saturated heterocycles. The molecule has 0 bridgehead atoms. The van der Waals surface area contributed by atoms with E-state index in [-0.39, 0.29) is 10.6 Å². The number of nitrogens with two attached hydrogens (primary N) is 1. The lowest BCUT2D eigenvalue weighted by Gasteiger charge is -2.30. The van der Waals surface area contributed by atoms with E-state index in [9.17, 15) is 12.8 Å². The van der Waals surface area contributed by atoms with Crippen LogP contribution in [0.25, 0.3) is 0 Å². The average Bonchev–Trinajstić information content (AvgIpc) is 2.46. The van der Waals surface area contributed by atoms with Crippen molar-refractivity contribution in [1.29, 1.82) is 0 Å². The van der Waals surface area contributed by atoms with Crippen LogP contribution in [-0.4, -0.2) is 20.7 Å². The Morgan fingerprint density at radius 2 is 1.95 bits per heavy atom. The van der Waals surface area contributed by atoms with Gasteiger partial charge in [0.25, 0.3) is 10.0 Å². The minimum atomic E-state index is -3.93. The van der Waals surface area contributed by atoms with E-state index in [1.54, 1.807) is 23.9 Å². The second kappa shape index (κ2) is 5.23. The van der Waals surface area contributed by atoms with Gasteiger partial charge in [0.1, 0.15) is 10.7 Å². The monoisotopic (exact) mass is 324 g/mol. The number of sulfonamides is 1. The third-order valence-electron chi connectivity index (χ3n) is 3.21. The van der Waals surface area contributed by atoms with E-state index < -0.39 is 15.8 Å². The largest absolute Gasteiger partial charge is 0.399 e. The van der Waals surface area contributed by atoms with Crippen molar-refractivity contribution in [3.05, 3.63) is 48.3 Å². The van der Waals surface area contributed by atoms with Crippen LogP contribution in [0.3, 0.4) is 0 Å². The van der Waals surface area contributed by atoms with E-state index in [1.165, 1.54) is 16.4 Å². The van der Waals surface area contributed by atoms with E-state index in [0.29, 0.717) is 18.0 Å². The van der Waals surface area contributed by atoms with E-state index in [2.05, 4.69) is 0 Å². The number of halogens is 1. The number of anilines is 2. The number of para-hydroxylation sites is 1. The number of hydrogen-bond acceptors (Lipinski definition) is 4. The van der Waals surface area contributed by atoms with Crippen molar-refractivity contribution < 1.29 is 12.8 Å². The fourth-order valence-electron chi connectivity index (χ4n) is 2.24. The number of rotatable bonds is 2. The number of fused-ring (bicyclic) bond motifs is 1. The molecule has 1 aliphatic heterocycles. The summed E-state index contributed by atoms with van der Waals surface area (Å²) in [5, 5.41) is 0. The standard InChI is InChI=1S/C14H13FN2O2S2/c15-11-9-10(16)5-6-14(11)21(18,19)17-7-8-20-13-4-2-1-3-12(13)17/h1-6,9H,7-8,16H2. The highest BCUT2D eigenvalue weighted by Crippen LogP contribution is 2.37. The molecule has 0 unspecified atom stereocenters. The van der Waals surface area contributed by atoms with E-state index in [1.807, 2.05) is 12.1 Å².